The summed E-state index contributed by atoms with van der Waals surface area (Å²) in [6.45, 7) is 1.40. The van der Waals surface area contributed by atoms with Crippen LogP contribution >= 0.6 is 0 Å². The Labute approximate surface area is 107 Å². The molecule has 2 nitrogen and oxygen atoms in total. The van der Waals surface area contributed by atoms with Crippen LogP contribution < -0.4 is 0 Å². The first-order valence-electron chi connectivity index (χ1n) is 6.26. The van der Waals surface area contributed by atoms with E-state index in [4.69, 9.17) is 0 Å². The number of likely N-dealkylation sites (tertiary alicyclic amines) is 1. The monoisotopic (exact) mass is 254 g/mol. The fourth-order valence-electron chi connectivity index (χ4n) is 2.53. The average Bonchev–Trinajstić information content (AvgIpc) is 2.54. The molecule has 1 fully saturated rings. The Bertz CT molecular complexity index is 379. The number of hydrogen-bond acceptors (Lipinski definition) is 2. The molecule has 0 aromatic heterocycles. The number of halogens is 2. The first kappa shape index (κ1) is 13.4. The van der Waals surface area contributed by atoms with Crippen LogP contribution in [0.5, 0.6) is 0 Å². The second-order valence-corrected chi connectivity index (χ2v) is 5.38. The van der Waals surface area contributed by atoms with Gasteiger partial charge in [-0.3, -0.25) is 4.90 Å². The van der Waals surface area contributed by atoms with Gasteiger partial charge >= 0.3 is 0 Å². The minimum Gasteiger partial charge on any atom is -0.309 e. The predicted molar refractivity (Wildman–Crippen MR) is 68.7 cm³/mol. The molecule has 4 heteroatoms. The maximum absolute atomic E-state index is 13.9. The molecule has 0 spiro atoms. The molecule has 100 valence electrons. The summed E-state index contributed by atoms with van der Waals surface area (Å²) >= 11 is 0. The highest BCUT2D eigenvalue weighted by Gasteiger charge is 2.47. The molecule has 1 aliphatic rings. The van der Waals surface area contributed by atoms with Crippen LogP contribution in [0.3, 0.4) is 0 Å². The Balaban J connectivity index is 1.97. The molecular formula is C14H20F2N2. The zero-order valence-corrected chi connectivity index (χ0v) is 10.9. The molecule has 1 atom stereocenters. The summed E-state index contributed by atoms with van der Waals surface area (Å²) < 4.78 is 27.7. The van der Waals surface area contributed by atoms with Gasteiger partial charge in [-0.1, -0.05) is 30.3 Å². The Morgan fingerprint density at radius 3 is 2.56 bits per heavy atom. The number of alkyl halides is 2. The summed E-state index contributed by atoms with van der Waals surface area (Å²) in [4.78, 5) is 3.69. The molecule has 1 aromatic carbocycles. The van der Waals surface area contributed by atoms with Crippen LogP contribution in [0.2, 0.25) is 0 Å². The molecule has 1 saturated heterocycles. The molecule has 1 aliphatic heterocycles. The van der Waals surface area contributed by atoms with Gasteiger partial charge in [0.15, 0.2) is 0 Å². The number of rotatable bonds is 4. The van der Waals surface area contributed by atoms with E-state index < -0.39 is 11.8 Å². The lowest BCUT2D eigenvalue weighted by Crippen LogP contribution is -2.34. The zero-order chi connectivity index (χ0) is 13.2. The van der Waals surface area contributed by atoms with Gasteiger partial charge in [0.25, 0.3) is 5.92 Å². The Kier molecular flexibility index (Phi) is 3.97. The van der Waals surface area contributed by atoms with Crippen LogP contribution in [0, 0.1) is 5.92 Å². The van der Waals surface area contributed by atoms with E-state index in [1.807, 2.05) is 54.2 Å². The molecule has 2 rings (SSSR count). The van der Waals surface area contributed by atoms with Gasteiger partial charge in [-0.25, -0.2) is 8.78 Å². The van der Waals surface area contributed by atoms with Crippen LogP contribution in [0.1, 0.15) is 5.56 Å². The van der Waals surface area contributed by atoms with Gasteiger partial charge in [0, 0.05) is 25.6 Å². The quantitative estimate of drug-likeness (QED) is 0.813. The van der Waals surface area contributed by atoms with E-state index in [1.165, 1.54) is 0 Å². The molecule has 1 heterocycles. The van der Waals surface area contributed by atoms with Crippen molar-refractivity contribution in [1.29, 1.82) is 0 Å². The van der Waals surface area contributed by atoms with Crippen LogP contribution in [0.4, 0.5) is 8.78 Å². The van der Waals surface area contributed by atoms with E-state index in [0.717, 1.165) is 5.56 Å². The third-order valence-corrected chi connectivity index (χ3v) is 3.34. The van der Waals surface area contributed by atoms with Gasteiger partial charge in [-0.05, 0) is 19.7 Å². The van der Waals surface area contributed by atoms with Gasteiger partial charge in [-0.15, -0.1) is 0 Å². The Hall–Kier alpha value is -1.00. The fraction of sp³-hybridized carbons (Fsp3) is 0.571. The fourth-order valence-corrected chi connectivity index (χ4v) is 2.53. The lowest BCUT2D eigenvalue weighted by atomic mass is 10.1. The molecule has 0 saturated carbocycles. The van der Waals surface area contributed by atoms with E-state index in [1.54, 1.807) is 0 Å². The van der Waals surface area contributed by atoms with Crippen molar-refractivity contribution in [2.45, 2.75) is 12.5 Å². The van der Waals surface area contributed by atoms with E-state index in [-0.39, 0.29) is 6.54 Å². The Morgan fingerprint density at radius 1 is 1.28 bits per heavy atom. The minimum absolute atomic E-state index is 0.125. The van der Waals surface area contributed by atoms with E-state index in [0.29, 0.717) is 19.6 Å². The van der Waals surface area contributed by atoms with Crippen molar-refractivity contribution < 1.29 is 8.78 Å². The molecular weight excluding hydrogens is 234 g/mol. The normalized spacial score (nSPS) is 23.7. The zero-order valence-electron chi connectivity index (χ0n) is 10.9. The molecule has 0 amide bonds. The first-order valence-corrected chi connectivity index (χ1v) is 6.26. The van der Waals surface area contributed by atoms with E-state index >= 15 is 0 Å². The van der Waals surface area contributed by atoms with Crippen molar-refractivity contribution in [1.82, 2.24) is 9.80 Å². The molecule has 0 radical (unpaired) electrons. The molecule has 1 aromatic rings. The summed E-state index contributed by atoms with van der Waals surface area (Å²) in [6.07, 6.45) is 0. The van der Waals surface area contributed by atoms with Crippen molar-refractivity contribution in [3.05, 3.63) is 35.9 Å². The Morgan fingerprint density at radius 2 is 1.94 bits per heavy atom. The van der Waals surface area contributed by atoms with Gasteiger partial charge in [-0.2, -0.15) is 0 Å². The number of nitrogens with zero attached hydrogens (tertiary/aromatic N) is 2. The van der Waals surface area contributed by atoms with Crippen LogP contribution in [-0.2, 0) is 6.54 Å². The highest BCUT2D eigenvalue weighted by Crippen LogP contribution is 2.34. The second-order valence-electron chi connectivity index (χ2n) is 5.38. The summed E-state index contributed by atoms with van der Waals surface area (Å²) in [5.41, 5.74) is 1.10. The lowest BCUT2D eigenvalue weighted by Gasteiger charge is -2.21. The standard InChI is InChI=1S/C14H20F2N2/c1-17(2)9-13-10-18(11-14(13,15)16)8-12-6-4-3-5-7-12/h3-7,13H,8-11H2,1-2H3. The maximum atomic E-state index is 13.9. The average molecular weight is 254 g/mol. The predicted octanol–water partition coefficient (Wildman–Crippen LogP) is 2.32. The van der Waals surface area contributed by atoms with Crippen LogP contribution in [0.25, 0.3) is 0 Å². The summed E-state index contributed by atoms with van der Waals surface area (Å²) in [5, 5.41) is 0. The molecule has 18 heavy (non-hydrogen) atoms. The smallest absolute Gasteiger partial charge is 0.265 e. The topological polar surface area (TPSA) is 6.48 Å². The SMILES string of the molecule is CN(C)CC1CN(Cc2ccccc2)CC1(F)F. The number of hydrogen-bond donors (Lipinski definition) is 0. The van der Waals surface area contributed by atoms with Crippen molar-refractivity contribution >= 4 is 0 Å². The van der Waals surface area contributed by atoms with Crippen LogP contribution in [-0.4, -0.2) is 49.5 Å². The molecule has 0 aliphatic carbocycles. The van der Waals surface area contributed by atoms with E-state index in [9.17, 15) is 8.78 Å². The second kappa shape index (κ2) is 5.33. The summed E-state index contributed by atoms with van der Waals surface area (Å²) in [6, 6.07) is 9.80. The van der Waals surface area contributed by atoms with Crippen molar-refractivity contribution in [3.63, 3.8) is 0 Å². The van der Waals surface area contributed by atoms with E-state index in [2.05, 4.69) is 0 Å². The van der Waals surface area contributed by atoms with Crippen molar-refractivity contribution in [2.75, 3.05) is 33.7 Å². The number of benzene rings is 1. The third kappa shape index (κ3) is 3.27. The van der Waals surface area contributed by atoms with Gasteiger partial charge in [0.05, 0.1) is 6.54 Å². The largest absolute Gasteiger partial charge is 0.309 e. The highest BCUT2D eigenvalue weighted by atomic mass is 19.3. The third-order valence-electron chi connectivity index (χ3n) is 3.34. The molecule has 0 N–H and O–H groups in total. The van der Waals surface area contributed by atoms with Gasteiger partial charge in [0.1, 0.15) is 0 Å². The van der Waals surface area contributed by atoms with Gasteiger partial charge in [0.2, 0.25) is 0 Å². The van der Waals surface area contributed by atoms with Crippen LogP contribution in [0.15, 0.2) is 30.3 Å². The summed E-state index contributed by atoms with van der Waals surface area (Å²) in [5.74, 6) is -3.13. The van der Waals surface area contributed by atoms with Crippen molar-refractivity contribution in [3.8, 4) is 0 Å². The highest BCUT2D eigenvalue weighted by molar-refractivity contribution is 5.15. The minimum atomic E-state index is -2.57. The van der Waals surface area contributed by atoms with Gasteiger partial charge < -0.3 is 4.90 Å². The summed E-state index contributed by atoms with van der Waals surface area (Å²) in [7, 11) is 3.69. The molecule has 0 bridgehead atoms. The molecule has 1 unspecified atom stereocenters. The maximum Gasteiger partial charge on any atom is 0.265 e. The lowest BCUT2D eigenvalue weighted by molar-refractivity contribution is -0.0336. The first-order chi connectivity index (χ1) is 8.47. The van der Waals surface area contributed by atoms with Crippen molar-refractivity contribution in [2.24, 2.45) is 5.92 Å².